The summed E-state index contributed by atoms with van der Waals surface area (Å²) in [6.45, 7) is 12.2. The van der Waals surface area contributed by atoms with Crippen molar-refractivity contribution in [3.05, 3.63) is 10.9 Å². The number of nitrogens with zero attached hydrogens (tertiary/aromatic N) is 1. The van der Waals surface area contributed by atoms with E-state index in [-0.39, 0.29) is 0 Å². The van der Waals surface area contributed by atoms with E-state index in [0.717, 1.165) is 5.75 Å². The summed E-state index contributed by atoms with van der Waals surface area (Å²) < 4.78 is 4.21. The van der Waals surface area contributed by atoms with Gasteiger partial charge in [-0.3, -0.25) is 0 Å². The maximum Gasteiger partial charge on any atom is 0.113 e. The van der Waals surface area contributed by atoms with Crippen molar-refractivity contribution < 1.29 is 0 Å². The van der Waals surface area contributed by atoms with Gasteiger partial charge in [-0.25, -0.2) is 0 Å². The van der Waals surface area contributed by atoms with Crippen molar-refractivity contribution in [1.29, 1.82) is 0 Å². The van der Waals surface area contributed by atoms with Crippen LogP contribution in [0.5, 0.6) is 0 Å². The van der Waals surface area contributed by atoms with Gasteiger partial charge in [0.2, 0.25) is 0 Å². The maximum absolute atomic E-state index is 4.21. The zero-order valence-corrected chi connectivity index (χ0v) is 11.2. The van der Waals surface area contributed by atoms with E-state index >= 15 is 0 Å². The van der Waals surface area contributed by atoms with E-state index in [4.69, 9.17) is 0 Å². The lowest BCUT2D eigenvalue weighted by Gasteiger charge is -1.90. The molecule has 0 aliphatic heterocycles. The number of thioether (sulfide) groups is 1. The topological polar surface area (TPSA) is 12.9 Å². The van der Waals surface area contributed by atoms with E-state index in [2.05, 4.69) is 23.6 Å². The summed E-state index contributed by atoms with van der Waals surface area (Å²) in [5.74, 6) is 1.12. The van der Waals surface area contributed by atoms with Crippen LogP contribution in [0.4, 0.5) is 0 Å². The minimum atomic E-state index is 1.12. The molecule has 1 aromatic heterocycles. The summed E-state index contributed by atoms with van der Waals surface area (Å²) >= 11 is 3.34. The third-order valence-electron chi connectivity index (χ3n) is 0.983. The molecule has 0 radical (unpaired) electrons. The first-order valence-corrected chi connectivity index (χ1v) is 6.70. The second-order valence-electron chi connectivity index (χ2n) is 1.74. The zero-order chi connectivity index (χ0) is 10.7. The minimum absolute atomic E-state index is 1.12. The van der Waals surface area contributed by atoms with Crippen LogP contribution in [0.3, 0.4) is 0 Å². The third-order valence-corrected chi connectivity index (χ3v) is 2.82. The summed E-state index contributed by atoms with van der Waals surface area (Å²) in [5.41, 5.74) is 1.31. The highest BCUT2D eigenvalue weighted by Gasteiger charge is 1.97. The molecule has 78 valence electrons. The molecule has 0 saturated carbocycles. The summed E-state index contributed by atoms with van der Waals surface area (Å²) in [5, 5.41) is 3.28. The Hall–Kier alpha value is -0.0200. The van der Waals surface area contributed by atoms with Gasteiger partial charge in [0, 0.05) is 5.38 Å². The van der Waals surface area contributed by atoms with E-state index in [1.807, 2.05) is 39.5 Å². The highest BCUT2D eigenvalue weighted by Crippen LogP contribution is 2.20. The Balaban J connectivity index is 0. The molecular weight excluding hydrogens is 198 g/mol. The van der Waals surface area contributed by atoms with Crippen LogP contribution in [0.15, 0.2) is 10.4 Å². The van der Waals surface area contributed by atoms with Crippen LogP contribution >= 0.6 is 23.3 Å². The van der Waals surface area contributed by atoms with Crippen LogP contribution in [0, 0.1) is 6.92 Å². The average molecular weight is 219 g/mol. The Kier molecular flexibility index (Phi) is 14.2. The van der Waals surface area contributed by atoms with Crippen LogP contribution in [-0.2, 0) is 0 Å². The molecule has 0 aliphatic carbocycles. The van der Waals surface area contributed by atoms with Gasteiger partial charge >= 0.3 is 0 Å². The molecule has 0 aromatic carbocycles. The smallest absolute Gasteiger partial charge is 0.113 e. The van der Waals surface area contributed by atoms with E-state index in [1.54, 1.807) is 0 Å². The summed E-state index contributed by atoms with van der Waals surface area (Å²) in [7, 11) is 0. The van der Waals surface area contributed by atoms with Crippen LogP contribution in [0.1, 0.15) is 40.2 Å². The number of aryl methyl sites for hydroxylation is 1. The van der Waals surface area contributed by atoms with Gasteiger partial charge in [0.15, 0.2) is 0 Å². The SMILES string of the molecule is CC.CC.CCSc1nscc1C. The van der Waals surface area contributed by atoms with Crippen molar-refractivity contribution in [2.45, 2.75) is 46.6 Å². The molecule has 0 atom stereocenters. The van der Waals surface area contributed by atoms with Crippen LogP contribution < -0.4 is 0 Å². The van der Waals surface area contributed by atoms with E-state index in [9.17, 15) is 0 Å². The lowest BCUT2D eigenvalue weighted by atomic mass is 10.4. The first-order valence-electron chi connectivity index (χ1n) is 4.88. The molecule has 0 bridgehead atoms. The predicted molar refractivity (Wildman–Crippen MR) is 65.9 cm³/mol. The molecule has 0 saturated heterocycles. The van der Waals surface area contributed by atoms with Gasteiger partial charge in [-0.1, -0.05) is 34.6 Å². The van der Waals surface area contributed by atoms with Gasteiger partial charge in [-0.2, -0.15) is 4.37 Å². The van der Waals surface area contributed by atoms with Crippen molar-refractivity contribution in [3.8, 4) is 0 Å². The van der Waals surface area contributed by atoms with Crippen molar-refractivity contribution in [2.75, 3.05) is 5.75 Å². The lowest BCUT2D eigenvalue weighted by Crippen LogP contribution is -1.73. The van der Waals surface area contributed by atoms with Crippen molar-refractivity contribution in [1.82, 2.24) is 4.37 Å². The normalized spacial score (nSPS) is 7.85. The number of hydrogen-bond donors (Lipinski definition) is 0. The first kappa shape index (κ1) is 15.5. The Morgan fingerprint density at radius 3 is 2.15 bits per heavy atom. The van der Waals surface area contributed by atoms with Crippen molar-refractivity contribution in [2.24, 2.45) is 0 Å². The van der Waals surface area contributed by atoms with Gasteiger partial charge in [0.05, 0.1) is 0 Å². The van der Waals surface area contributed by atoms with Gasteiger partial charge in [0.1, 0.15) is 5.03 Å². The average Bonchev–Trinajstić information content (AvgIpc) is 2.60. The zero-order valence-electron chi connectivity index (χ0n) is 9.55. The Morgan fingerprint density at radius 1 is 1.31 bits per heavy atom. The molecular formula is C10H21NS2. The fraction of sp³-hybridized carbons (Fsp3) is 0.700. The van der Waals surface area contributed by atoms with E-state index in [0.29, 0.717) is 0 Å². The van der Waals surface area contributed by atoms with Gasteiger partial charge in [-0.05, 0) is 29.8 Å². The van der Waals surface area contributed by atoms with E-state index in [1.165, 1.54) is 22.1 Å². The summed E-state index contributed by atoms with van der Waals surface area (Å²) in [6, 6.07) is 0. The quantitative estimate of drug-likeness (QED) is 0.673. The van der Waals surface area contributed by atoms with Gasteiger partial charge in [0.25, 0.3) is 0 Å². The predicted octanol–water partition coefficient (Wildman–Crippen LogP) is 4.62. The first-order chi connectivity index (χ1) is 6.34. The third kappa shape index (κ3) is 7.08. The molecule has 0 aliphatic rings. The van der Waals surface area contributed by atoms with Crippen LogP contribution in [0.2, 0.25) is 0 Å². The Labute approximate surface area is 91.1 Å². The number of rotatable bonds is 2. The van der Waals surface area contributed by atoms with Crippen molar-refractivity contribution in [3.63, 3.8) is 0 Å². The molecule has 0 fully saturated rings. The van der Waals surface area contributed by atoms with Gasteiger partial charge < -0.3 is 0 Å². The standard InChI is InChI=1S/C6H9NS2.2C2H6/c1-3-8-6-5(2)4-9-7-6;2*1-2/h4H,3H2,1-2H3;2*1-2H3. The molecule has 0 N–H and O–H groups in total. The van der Waals surface area contributed by atoms with Crippen LogP contribution in [0.25, 0.3) is 0 Å². The molecule has 1 rings (SSSR count). The largest absolute Gasteiger partial charge is 0.186 e. The molecule has 0 unspecified atom stereocenters. The fourth-order valence-corrected chi connectivity index (χ4v) is 2.09. The van der Waals surface area contributed by atoms with Crippen LogP contribution in [-0.4, -0.2) is 10.1 Å². The molecule has 0 amide bonds. The lowest BCUT2D eigenvalue weighted by molar-refractivity contribution is 1.21. The number of aromatic nitrogens is 1. The Morgan fingerprint density at radius 2 is 1.85 bits per heavy atom. The fourth-order valence-electron chi connectivity index (χ4n) is 0.553. The maximum atomic E-state index is 4.21. The number of hydrogen-bond acceptors (Lipinski definition) is 3. The summed E-state index contributed by atoms with van der Waals surface area (Å²) in [4.78, 5) is 0. The van der Waals surface area contributed by atoms with Gasteiger partial charge in [-0.15, -0.1) is 11.8 Å². The molecule has 1 heterocycles. The second-order valence-corrected chi connectivity index (χ2v) is 3.62. The highest BCUT2D eigenvalue weighted by molar-refractivity contribution is 7.99. The van der Waals surface area contributed by atoms with Crippen molar-refractivity contribution >= 4 is 23.3 Å². The highest BCUT2D eigenvalue weighted by atomic mass is 32.2. The minimum Gasteiger partial charge on any atom is -0.186 e. The molecule has 0 spiro atoms. The second kappa shape index (κ2) is 12.0. The molecule has 3 heteroatoms. The molecule has 13 heavy (non-hydrogen) atoms. The molecule has 1 nitrogen and oxygen atoms in total. The monoisotopic (exact) mass is 219 g/mol. The molecule has 1 aromatic rings. The summed E-state index contributed by atoms with van der Waals surface area (Å²) in [6.07, 6.45) is 0. The Bertz CT molecular complexity index is 185. The van der Waals surface area contributed by atoms with E-state index < -0.39 is 0 Å².